The third-order valence-corrected chi connectivity index (χ3v) is 6.37. The monoisotopic (exact) mass is 376 g/mol. The summed E-state index contributed by atoms with van der Waals surface area (Å²) in [6.07, 6.45) is 4.72. The molecular formula is C17H20N4O2S2. The van der Waals surface area contributed by atoms with Gasteiger partial charge in [-0.05, 0) is 37.1 Å². The number of aromatic nitrogens is 1. The summed E-state index contributed by atoms with van der Waals surface area (Å²) in [5.74, 6) is -0.154. The second kappa shape index (κ2) is 7.23. The number of nitrogens with one attached hydrogen (secondary N) is 3. The van der Waals surface area contributed by atoms with Crippen molar-refractivity contribution in [2.75, 3.05) is 5.32 Å². The van der Waals surface area contributed by atoms with Gasteiger partial charge in [0.05, 0.1) is 17.0 Å². The highest BCUT2D eigenvalue weighted by molar-refractivity contribution is 7.14. The van der Waals surface area contributed by atoms with Crippen LogP contribution in [0.2, 0.25) is 0 Å². The average molecular weight is 377 g/mol. The average Bonchev–Trinajstić information content (AvgIpc) is 3.30. The van der Waals surface area contributed by atoms with Crippen molar-refractivity contribution in [3.05, 3.63) is 33.5 Å². The third kappa shape index (κ3) is 4.08. The molecule has 2 atom stereocenters. The highest BCUT2D eigenvalue weighted by Crippen LogP contribution is 2.27. The molecule has 4 rings (SSSR count). The molecule has 0 aromatic carbocycles. The molecule has 0 radical (unpaired) electrons. The van der Waals surface area contributed by atoms with Gasteiger partial charge in [0.25, 0.3) is 5.91 Å². The molecule has 0 spiro atoms. The Kier molecular flexibility index (Phi) is 4.82. The van der Waals surface area contributed by atoms with Crippen LogP contribution >= 0.6 is 22.7 Å². The van der Waals surface area contributed by atoms with E-state index in [2.05, 4.69) is 20.9 Å². The number of piperidine rings is 1. The number of nitrogens with zero attached hydrogens (tertiary/aromatic N) is 1. The highest BCUT2D eigenvalue weighted by atomic mass is 32.1. The fraction of sp³-hybridized carbons (Fsp3) is 0.471. The molecule has 2 amide bonds. The van der Waals surface area contributed by atoms with E-state index in [1.165, 1.54) is 35.5 Å². The van der Waals surface area contributed by atoms with Gasteiger partial charge in [-0.3, -0.25) is 14.9 Å². The first-order valence-electron chi connectivity index (χ1n) is 8.50. The van der Waals surface area contributed by atoms with Gasteiger partial charge in [-0.15, -0.1) is 22.7 Å². The lowest BCUT2D eigenvalue weighted by Crippen LogP contribution is -2.48. The molecule has 2 aliphatic heterocycles. The van der Waals surface area contributed by atoms with E-state index < -0.39 is 0 Å². The topological polar surface area (TPSA) is 83.1 Å². The SMILES string of the molecule is O=C(Cc1csc(NC(=O)c2cccs2)n1)NC1CC2CCC(C1)N2. The van der Waals surface area contributed by atoms with Crippen molar-refractivity contribution >= 4 is 39.6 Å². The molecule has 0 aliphatic carbocycles. The van der Waals surface area contributed by atoms with Crippen LogP contribution in [0.15, 0.2) is 22.9 Å². The van der Waals surface area contributed by atoms with Gasteiger partial charge in [0, 0.05) is 23.5 Å². The van der Waals surface area contributed by atoms with E-state index in [1.54, 1.807) is 6.07 Å². The highest BCUT2D eigenvalue weighted by Gasteiger charge is 2.33. The summed E-state index contributed by atoms with van der Waals surface area (Å²) in [6, 6.07) is 4.99. The predicted molar refractivity (Wildman–Crippen MR) is 99.2 cm³/mol. The van der Waals surface area contributed by atoms with E-state index in [0.717, 1.165) is 12.8 Å². The largest absolute Gasteiger partial charge is 0.353 e. The van der Waals surface area contributed by atoms with E-state index in [0.29, 0.717) is 27.8 Å². The minimum atomic E-state index is -0.162. The van der Waals surface area contributed by atoms with Gasteiger partial charge in [-0.2, -0.15) is 0 Å². The molecule has 2 aliphatic rings. The Morgan fingerprint density at radius 1 is 1.24 bits per heavy atom. The lowest BCUT2D eigenvalue weighted by Gasteiger charge is -2.29. The zero-order chi connectivity index (χ0) is 17.2. The summed E-state index contributed by atoms with van der Waals surface area (Å²) >= 11 is 2.73. The van der Waals surface area contributed by atoms with Crippen molar-refractivity contribution in [3.8, 4) is 0 Å². The minimum absolute atomic E-state index is 0.00716. The van der Waals surface area contributed by atoms with Gasteiger partial charge in [-0.1, -0.05) is 6.07 Å². The van der Waals surface area contributed by atoms with Gasteiger partial charge in [0.2, 0.25) is 5.91 Å². The smallest absolute Gasteiger partial charge is 0.267 e. The maximum Gasteiger partial charge on any atom is 0.267 e. The Morgan fingerprint density at radius 2 is 2.04 bits per heavy atom. The molecule has 4 heterocycles. The third-order valence-electron chi connectivity index (χ3n) is 4.70. The Balaban J connectivity index is 1.29. The van der Waals surface area contributed by atoms with Crippen LogP contribution in [0, 0.1) is 0 Å². The van der Waals surface area contributed by atoms with Crippen molar-refractivity contribution in [2.45, 2.75) is 50.2 Å². The molecule has 2 fully saturated rings. The number of carbonyl (C=O) groups excluding carboxylic acids is 2. The van der Waals surface area contributed by atoms with Crippen molar-refractivity contribution < 1.29 is 9.59 Å². The summed E-state index contributed by atoms with van der Waals surface area (Å²) in [5.41, 5.74) is 0.695. The summed E-state index contributed by atoms with van der Waals surface area (Å²) in [5, 5.41) is 13.7. The number of hydrogen-bond donors (Lipinski definition) is 3. The molecule has 2 saturated heterocycles. The number of thiazole rings is 1. The van der Waals surface area contributed by atoms with Crippen LogP contribution in [0.3, 0.4) is 0 Å². The standard InChI is InChI=1S/C17H20N4O2S2/c22-15(19-12-6-10-3-4-11(7-12)18-10)8-13-9-25-17(20-13)21-16(23)14-2-1-5-24-14/h1-2,5,9-12,18H,3-4,6-8H2,(H,19,22)(H,20,21,23). The molecule has 2 aromatic rings. The molecule has 8 heteroatoms. The van der Waals surface area contributed by atoms with Crippen LogP contribution in [-0.2, 0) is 11.2 Å². The van der Waals surface area contributed by atoms with Gasteiger partial charge in [0.1, 0.15) is 0 Å². The Labute approximate surface area is 154 Å². The Bertz CT molecular complexity index is 747. The maximum absolute atomic E-state index is 12.3. The summed E-state index contributed by atoms with van der Waals surface area (Å²) in [7, 11) is 0. The fourth-order valence-corrected chi connectivity index (χ4v) is 4.95. The summed E-state index contributed by atoms with van der Waals surface area (Å²) in [4.78, 5) is 29.3. The van der Waals surface area contributed by atoms with Crippen LogP contribution in [0.4, 0.5) is 5.13 Å². The first-order chi connectivity index (χ1) is 12.2. The van der Waals surface area contributed by atoms with Crippen LogP contribution in [0.5, 0.6) is 0 Å². The van der Waals surface area contributed by atoms with Gasteiger partial charge in [0.15, 0.2) is 5.13 Å². The maximum atomic E-state index is 12.3. The number of thiophene rings is 1. The van der Waals surface area contributed by atoms with Gasteiger partial charge < -0.3 is 10.6 Å². The second-order valence-corrected chi connectivity index (χ2v) is 8.43. The molecule has 25 heavy (non-hydrogen) atoms. The molecule has 6 nitrogen and oxygen atoms in total. The summed E-state index contributed by atoms with van der Waals surface area (Å²) in [6.45, 7) is 0. The van der Waals surface area contributed by atoms with Gasteiger partial charge in [-0.25, -0.2) is 4.98 Å². The van der Waals surface area contributed by atoms with Crippen LogP contribution in [0.25, 0.3) is 0 Å². The first-order valence-corrected chi connectivity index (χ1v) is 10.3. The van der Waals surface area contributed by atoms with Crippen molar-refractivity contribution in [2.24, 2.45) is 0 Å². The normalized spacial score (nSPS) is 24.9. The van der Waals surface area contributed by atoms with Crippen LogP contribution in [0.1, 0.15) is 41.0 Å². The van der Waals surface area contributed by atoms with Crippen LogP contribution in [-0.4, -0.2) is 34.9 Å². The number of fused-ring (bicyclic) bond motifs is 2. The number of amides is 2. The second-order valence-electron chi connectivity index (χ2n) is 6.63. The van der Waals surface area contributed by atoms with E-state index in [1.807, 2.05) is 16.8 Å². The lowest BCUT2D eigenvalue weighted by atomic mass is 10.00. The van der Waals surface area contributed by atoms with Gasteiger partial charge >= 0.3 is 0 Å². The van der Waals surface area contributed by atoms with E-state index in [-0.39, 0.29) is 24.3 Å². The molecule has 2 unspecified atom stereocenters. The Hall–Kier alpha value is -1.77. The van der Waals surface area contributed by atoms with E-state index >= 15 is 0 Å². The fourth-order valence-electron chi connectivity index (χ4n) is 3.63. The molecule has 2 aromatic heterocycles. The van der Waals surface area contributed by atoms with Crippen LogP contribution < -0.4 is 16.0 Å². The molecule has 3 N–H and O–H groups in total. The zero-order valence-electron chi connectivity index (χ0n) is 13.7. The number of anilines is 1. The van der Waals surface area contributed by atoms with E-state index in [9.17, 15) is 9.59 Å². The molecule has 2 bridgehead atoms. The van der Waals surface area contributed by atoms with Crippen molar-refractivity contribution in [1.29, 1.82) is 0 Å². The minimum Gasteiger partial charge on any atom is -0.353 e. The number of rotatable bonds is 5. The molecule has 0 saturated carbocycles. The summed E-state index contributed by atoms with van der Waals surface area (Å²) < 4.78 is 0. The number of hydrogen-bond acceptors (Lipinski definition) is 6. The van der Waals surface area contributed by atoms with Crippen molar-refractivity contribution in [3.63, 3.8) is 0 Å². The lowest BCUT2D eigenvalue weighted by molar-refractivity contribution is -0.121. The zero-order valence-corrected chi connectivity index (χ0v) is 15.3. The predicted octanol–water partition coefficient (Wildman–Crippen LogP) is 2.40. The molecular weight excluding hydrogens is 356 g/mol. The number of carbonyl (C=O) groups is 2. The van der Waals surface area contributed by atoms with E-state index in [4.69, 9.17) is 0 Å². The Morgan fingerprint density at radius 3 is 2.76 bits per heavy atom. The first kappa shape index (κ1) is 16.7. The molecule has 132 valence electrons. The quantitative estimate of drug-likeness (QED) is 0.748. The van der Waals surface area contributed by atoms with Crippen molar-refractivity contribution in [1.82, 2.24) is 15.6 Å².